The number of alkyl halides is 1. The molecule has 2 aliphatic rings. The van der Waals surface area contributed by atoms with E-state index in [4.69, 9.17) is 5.73 Å². The quantitative estimate of drug-likeness (QED) is 0.394. The van der Waals surface area contributed by atoms with Crippen LogP contribution in [0.5, 0.6) is 0 Å². The molecule has 0 unspecified atom stereocenters. The molecule has 5 rings (SSSR count). The van der Waals surface area contributed by atoms with E-state index in [1.54, 1.807) is 6.20 Å². The molecule has 1 aliphatic heterocycles. The molecule has 3 heterocycles. The average molecular weight is 542 g/mol. The Labute approximate surface area is 201 Å². The van der Waals surface area contributed by atoms with Crippen LogP contribution < -0.4 is 5.73 Å². The maximum absolute atomic E-state index is 13.1. The smallest absolute Gasteiger partial charge is 0.243 e. The van der Waals surface area contributed by atoms with Crippen molar-refractivity contribution in [3.63, 3.8) is 0 Å². The van der Waals surface area contributed by atoms with Crippen LogP contribution in [0.15, 0.2) is 48.7 Å². The van der Waals surface area contributed by atoms with Crippen LogP contribution in [0.3, 0.4) is 0 Å². The van der Waals surface area contributed by atoms with Crippen molar-refractivity contribution in [3.05, 3.63) is 65.6 Å². The minimum absolute atomic E-state index is 0.00330. The van der Waals surface area contributed by atoms with Gasteiger partial charge in [-0.1, -0.05) is 52.9 Å². The number of benzene rings is 1. The van der Waals surface area contributed by atoms with Crippen molar-refractivity contribution in [2.24, 2.45) is 5.73 Å². The van der Waals surface area contributed by atoms with Gasteiger partial charge in [0.2, 0.25) is 5.91 Å². The molecule has 1 aliphatic carbocycles. The van der Waals surface area contributed by atoms with Gasteiger partial charge < -0.3 is 10.6 Å². The van der Waals surface area contributed by atoms with E-state index in [0.717, 1.165) is 41.6 Å². The van der Waals surface area contributed by atoms with Crippen molar-refractivity contribution in [3.8, 4) is 11.5 Å². The van der Waals surface area contributed by atoms with Crippen LogP contribution in [0.2, 0.25) is 0 Å². The first-order valence-corrected chi connectivity index (χ1v) is 12.6. The molecule has 2 aromatic heterocycles. The van der Waals surface area contributed by atoms with E-state index < -0.39 is 0 Å². The molecule has 8 heteroatoms. The summed E-state index contributed by atoms with van der Waals surface area (Å²) < 4.78 is 2.90. The molecule has 0 spiro atoms. The summed E-state index contributed by atoms with van der Waals surface area (Å²) in [4.78, 5) is 19.5. The van der Waals surface area contributed by atoms with Gasteiger partial charge in [-0.15, -0.1) is 10.2 Å². The number of halogens is 1. The molecule has 166 valence electrons. The van der Waals surface area contributed by atoms with Gasteiger partial charge >= 0.3 is 0 Å². The Morgan fingerprint density at radius 3 is 2.66 bits per heavy atom. The standard InChI is InChI=1S/C24H27IN6O/c25-13-17-4-3-5-18(12-17)24(16-26)9-7-19(8-10-24)30-14-21-28-29-23(31(21)15-22(30)32)20-6-1-2-11-27-20/h1-6,11-12,19H,7-10,13-16,26H2/t19-,24+. The Morgan fingerprint density at radius 1 is 1.09 bits per heavy atom. The SMILES string of the molecule is NC[C@]1(c2cccc(CI)c2)CC[C@@H](N2Cc3nnc(-c4ccccn4)n3CC2=O)CC1. The monoisotopic (exact) mass is 542 g/mol. The molecule has 32 heavy (non-hydrogen) atoms. The average Bonchev–Trinajstić information content (AvgIpc) is 3.27. The second-order valence-electron chi connectivity index (χ2n) is 8.81. The van der Waals surface area contributed by atoms with Crippen LogP contribution in [-0.4, -0.2) is 43.1 Å². The first kappa shape index (κ1) is 21.5. The molecule has 1 amide bonds. The Kier molecular flexibility index (Phi) is 5.98. The van der Waals surface area contributed by atoms with Crippen molar-refractivity contribution in [2.75, 3.05) is 6.54 Å². The van der Waals surface area contributed by atoms with Gasteiger partial charge in [0, 0.05) is 28.6 Å². The van der Waals surface area contributed by atoms with Gasteiger partial charge in [0.1, 0.15) is 12.2 Å². The zero-order chi connectivity index (χ0) is 22.1. The molecular weight excluding hydrogens is 515 g/mol. The molecule has 0 radical (unpaired) electrons. The highest BCUT2D eigenvalue weighted by atomic mass is 127. The molecule has 1 fully saturated rings. The third-order valence-corrected chi connectivity index (χ3v) is 7.97. The highest BCUT2D eigenvalue weighted by Crippen LogP contribution is 2.41. The molecule has 0 saturated heterocycles. The second-order valence-corrected chi connectivity index (χ2v) is 9.58. The fourth-order valence-electron chi connectivity index (χ4n) is 5.16. The number of hydrogen-bond donors (Lipinski definition) is 1. The van der Waals surface area contributed by atoms with Crippen molar-refractivity contribution in [1.29, 1.82) is 0 Å². The van der Waals surface area contributed by atoms with Crippen LogP contribution in [0.1, 0.15) is 42.6 Å². The van der Waals surface area contributed by atoms with Crippen molar-refractivity contribution in [1.82, 2.24) is 24.6 Å². The lowest BCUT2D eigenvalue weighted by molar-refractivity contribution is -0.137. The number of carbonyl (C=O) groups excluding carboxylic acids is 1. The van der Waals surface area contributed by atoms with Crippen molar-refractivity contribution in [2.45, 2.75) is 54.7 Å². The lowest BCUT2D eigenvalue weighted by atomic mass is 9.67. The van der Waals surface area contributed by atoms with E-state index >= 15 is 0 Å². The Morgan fingerprint density at radius 2 is 1.94 bits per heavy atom. The number of rotatable bonds is 5. The fourth-order valence-corrected chi connectivity index (χ4v) is 5.64. The molecule has 3 aromatic rings. The third-order valence-electron chi connectivity index (χ3n) is 7.08. The summed E-state index contributed by atoms with van der Waals surface area (Å²) in [7, 11) is 0. The summed E-state index contributed by atoms with van der Waals surface area (Å²) >= 11 is 2.41. The van der Waals surface area contributed by atoms with E-state index in [1.165, 1.54) is 11.1 Å². The van der Waals surface area contributed by atoms with Crippen molar-refractivity contribution >= 4 is 28.5 Å². The molecule has 2 N–H and O–H groups in total. The topological polar surface area (TPSA) is 89.9 Å². The zero-order valence-corrected chi connectivity index (χ0v) is 20.1. The number of carbonyl (C=O) groups is 1. The highest BCUT2D eigenvalue weighted by molar-refractivity contribution is 14.1. The van der Waals surface area contributed by atoms with E-state index in [1.807, 2.05) is 27.7 Å². The minimum atomic E-state index is 0.00330. The van der Waals surface area contributed by atoms with Gasteiger partial charge in [0.25, 0.3) is 0 Å². The van der Waals surface area contributed by atoms with Gasteiger partial charge in [0.05, 0.1) is 6.54 Å². The Balaban J connectivity index is 1.32. The van der Waals surface area contributed by atoms with Gasteiger partial charge in [-0.2, -0.15) is 0 Å². The highest BCUT2D eigenvalue weighted by Gasteiger charge is 2.40. The lowest BCUT2D eigenvalue weighted by Crippen LogP contribution is -2.50. The Bertz CT molecular complexity index is 1110. The largest absolute Gasteiger partial charge is 0.331 e. The lowest BCUT2D eigenvalue weighted by Gasteiger charge is -2.44. The summed E-state index contributed by atoms with van der Waals surface area (Å²) in [6, 6.07) is 14.8. The minimum Gasteiger partial charge on any atom is -0.331 e. The van der Waals surface area contributed by atoms with E-state index in [-0.39, 0.29) is 23.9 Å². The number of hydrogen-bond acceptors (Lipinski definition) is 5. The van der Waals surface area contributed by atoms with Gasteiger partial charge in [-0.25, -0.2) is 0 Å². The van der Waals surface area contributed by atoms with Gasteiger partial charge in [0.15, 0.2) is 11.6 Å². The van der Waals surface area contributed by atoms with E-state index in [9.17, 15) is 4.79 Å². The van der Waals surface area contributed by atoms with Gasteiger partial charge in [-0.3, -0.25) is 14.3 Å². The fraction of sp³-hybridized carbons (Fsp3) is 0.417. The Hall–Kier alpha value is -2.33. The number of nitrogens with zero attached hydrogens (tertiary/aromatic N) is 5. The summed E-state index contributed by atoms with van der Waals surface area (Å²) in [6.45, 7) is 1.41. The number of aromatic nitrogens is 4. The number of fused-ring (bicyclic) bond motifs is 1. The van der Waals surface area contributed by atoms with Crippen LogP contribution in [-0.2, 0) is 27.7 Å². The first-order chi connectivity index (χ1) is 15.6. The molecule has 7 nitrogen and oxygen atoms in total. The van der Waals surface area contributed by atoms with Crippen molar-refractivity contribution < 1.29 is 4.79 Å². The zero-order valence-electron chi connectivity index (χ0n) is 18.0. The normalized spacial score (nSPS) is 23.2. The van der Waals surface area contributed by atoms with Gasteiger partial charge in [-0.05, 0) is 48.9 Å². The molecular formula is C24H27IN6O. The molecule has 1 aromatic carbocycles. The van der Waals surface area contributed by atoms with Crippen LogP contribution in [0.25, 0.3) is 11.5 Å². The van der Waals surface area contributed by atoms with Crippen LogP contribution in [0, 0.1) is 0 Å². The summed E-state index contributed by atoms with van der Waals surface area (Å²) in [5.74, 6) is 1.62. The number of amides is 1. The number of pyridine rings is 1. The van der Waals surface area contributed by atoms with E-state index in [2.05, 4.69) is 62.0 Å². The number of nitrogens with two attached hydrogens (primary N) is 1. The van der Waals surface area contributed by atoms with E-state index in [0.29, 0.717) is 18.9 Å². The predicted molar refractivity (Wildman–Crippen MR) is 131 cm³/mol. The molecule has 1 saturated carbocycles. The maximum Gasteiger partial charge on any atom is 0.243 e. The second kappa shape index (κ2) is 8.90. The summed E-state index contributed by atoms with van der Waals surface area (Å²) in [6.07, 6.45) is 5.63. The maximum atomic E-state index is 13.1. The predicted octanol–water partition coefficient (Wildman–Crippen LogP) is 3.46. The summed E-state index contributed by atoms with van der Waals surface area (Å²) in [5, 5.41) is 8.71. The molecule has 0 bridgehead atoms. The molecule has 0 atom stereocenters. The third kappa shape index (κ3) is 3.83. The van der Waals surface area contributed by atoms with Crippen LogP contribution in [0.4, 0.5) is 0 Å². The first-order valence-electron chi connectivity index (χ1n) is 11.1. The summed E-state index contributed by atoms with van der Waals surface area (Å²) in [5.41, 5.74) is 9.75. The van der Waals surface area contributed by atoms with Crippen LogP contribution >= 0.6 is 22.6 Å².